The Morgan fingerprint density at radius 1 is 1.43 bits per heavy atom. The summed E-state index contributed by atoms with van der Waals surface area (Å²) in [5.41, 5.74) is -0.0240. The van der Waals surface area contributed by atoms with Crippen molar-refractivity contribution in [2.45, 2.75) is 38.8 Å². The first kappa shape index (κ1) is 15.2. The molecule has 1 rings (SSSR count). The molecule has 0 unspecified atom stereocenters. The fraction of sp³-hybridized carbons (Fsp3) is 0.467. The first-order chi connectivity index (χ1) is 10.2. The maximum atomic E-state index is 11.7. The summed E-state index contributed by atoms with van der Waals surface area (Å²) in [5, 5.41) is 11.6. The van der Waals surface area contributed by atoms with Crippen LogP contribution in [-0.2, 0) is 16.0 Å². The van der Waals surface area contributed by atoms with E-state index in [9.17, 15) is 14.7 Å². The zero-order chi connectivity index (χ0) is 16.8. The van der Waals surface area contributed by atoms with Crippen molar-refractivity contribution in [1.29, 1.82) is 0 Å². The zero-order valence-corrected chi connectivity index (χ0v) is 12.4. The number of methoxy groups -OCH3 is 1. The van der Waals surface area contributed by atoms with Crippen LogP contribution in [0, 0.1) is 0 Å². The highest BCUT2D eigenvalue weighted by molar-refractivity contribution is 5.80. The lowest BCUT2D eigenvalue weighted by Crippen LogP contribution is -2.44. The third kappa shape index (κ3) is 6.16. The minimum absolute atomic E-state index is 0.0871. The van der Waals surface area contributed by atoms with E-state index in [0.717, 1.165) is 0 Å². The number of rotatable bonds is 5. The Balaban J connectivity index is 2.74. The van der Waals surface area contributed by atoms with E-state index in [0.29, 0.717) is 11.3 Å². The quantitative estimate of drug-likeness (QED) is 0.870. The van der Waals surface area contributed by atoms with Gasteiger partial charge in [0.2, 0.25) is 0 Å². The second-order valence-corrected chi connectivity index (χ2v) is 5.53. The molecule has 0 radical (unpaired) electrons. The number of carbonyl (C=O) groups is 2. The van der Waals surface area contributed by atoms with Gasteiger partial charge in [0, 0.05) is 6.42 Å². The molecule has 0 heterocycles. The Kier molecular flexibility index (Phi) is 5.03. The lowest BCUT2D eigenvalue weighted by Gasteiger charge is -2.22. The molecule has 1 amide bonds. The molecule has 0 saturated carbocycles. The number of nitrogens with one attached hydrogen (secondary N) is 1. The van der Waals surface area contributed by atoms with Gasteiger partial charge in [-0.05, 0) is 38.5 Å². The van der Waals surface area contributed by atoms with E-state index in [1.165, 1.54) is 0 Å². The molecule has 6 nitrogen and oxygen atoms in total. The number of benzene rings is 1. The Bertz CT molecular complexity index is 527. The van der Waals surface area contributed by atoms with Gasteiger partial charge < -0.3 is 19.9 Å². The lowest BCUT2D eigenvalue weighted by molar-refractivity contribution is -0.139. The van der Waals surface area contributed by atoms with E-state index in [4.69, 9.17) is 10.8 Å². The lowest BCUT2D eigenvalue weighted by atomic mass is 10.1. The SMILES string of the molecule is [2H]COc1cccc(C[C@H](NC(=O)OC(C)(C)C)C(=O)O)c1. The molecule has 0 aliphatic rings. The van der Waals surface area contributed by atoms with Crippen LogP contribution < -0.4 is 10.1 Å². The van der Waals surface area contributed by atoms with Crippen molar-refractivity contribution in [2.24, 2.45) is 0 Å². The van der Waals surface area contributed by atoms with Crippen molar-refractivity contribution in [3.8, 4) is 5.75 Å². The summed E-state index contributed by atoms with van der Waals surface area (Å²) in [5.74, 6) is -0.674. The fourth-order valence-corrected chi connectivity index (χ4v) is 1.65. The number of hydrogen-bond donors (Lipinski definition) is 2. The van der Waals surface area contributed by atoms with Crippen LogP contribution in [0.25, 0.3) is 0 Å². The standard InChI is InChI=1S/C15H21NO5/c1-15(2,3)21-14(19)16-12(13(17)18)9-10-6-5-7-11(8-10)20-4/h5-8,12H,9H2,1-4H3,(H,16,19)(H,17,18)/t12-/m0/s1/i4D. The van der Waals surface area contributed by atoms with Crippen molar-refractivity contribution >= 4 is 12.1 Å². The predicted octanol–water partition coefficient (Wildman–Crippen LogP) is 2.22. The summed E-state index contributed by atoms with van der Waals surface area (Å²) in [4.78, 5) is 23.0. The molecular formula is C15H21NO5. The number of ether oxygens (including phenoxy) is 2. The fourth-order valence-electron chi connectivity index (χ4n) is 1.65. The highest BCUT2D eigenvalue weighted by Crippen LogP contribution is 2.14. The smallest absolute Gasteiger partial charge is 0.408 e. The van der Waals surface area contributed by atoms with Gasteiger partial charge in [0.05, 0.1) is 8.46 Å². The van der Waals surface area contributed by atoms with Gasteiger partial charge in [-0.1, -0.05) is 12.1 Å². The Hall–Kier alpha value is -2.24. The molecule has 0 aliphatic carbocycles. The van der Waals surface area contributed by atoms with Crippen LogP contribution in [0.1, 0.15) is 27.7 Å². The number of carboxylic acids is 1. The third-order valence-corrected chi connectivity index (χ3v) is 2.49. The number of aliphatic carboxylic acids is 1. The molecule has 116 valence electrons. The molecule has 0 saturated heterocycles. The van der Waals surface area contributed by atoms with Crippen LogP contribution in [0.15, 0.2) is 24.3 Å². The first-order valence-corrected chi connectivity index (χ1v) is 6.44. The number of carbonyl (C=O) groups excluding carboxylic acids is 1. The molecule has 2 N–H and O–H groups in total. The van der Waals surface area contributed by atoms with Gasteiger partial charge in [0.1, 0.15) is 17.4 Å². The highest BCUT2D eigenvalue weighted by atomic mass is 16.6. The van der Waals surface area contributed by atoms with E-state index in [-0.39, 0.29) is 13.5 Å². The van der Waals surface area contributed by atoms with Gasteiger partial charge in [0.15, 0.2) is 0 Å². The van der Waals surface area contributed by atoms with Crippen LogP contribution in [0.3, 0.4) is 0 Å². The molecule has 0 fully saturated rings. The van der Waals surface area contributed by atoms with Crippen LogP contribution in [0.2, 0.25) is 0 Å². The Morgan fingerprint density at radius 2 is 2.14 bits per heavy atom. The zero-order valence-electron chi connectivity index (χ0n) is 13.4. The molecule has 1 atom stereocenters. The molecule has 0 aliphatic heterocycles. The van der Waals surface area contributed by atoms with Crippen LogP contribution in [0.5, 0.6) is 5.75 Å². The molecule has 0 aromatic heterocycles. The maximum absolute atomic E-state index is 11.7. The van der Waals surface area contributed by atoms with Gasteiger partial charge in [-0.3, -0.25) is 0 Å². The highest BCUT2D eigenvalue weighted by Gasteiger charge is 2.24. The first-order valence-electron chi connectivity index (χ1n) is 7.15. The average molecular weight is 296 g/mol. The van der Waals surface area contributed by atoms with Gasteiger partial charge in [-0.15, -0.1) is 0 Å². The average Bonchev–Trinajstić information content (AvgIpc) is 2.36. The molecule has 1 aromatic rings. The molecule has 0 bridgehead atoms. The minimum Gasteiger partial charge on any atom is -0.497 e. The van der Waals surface area contributed by atoms with E-state index < -0.39 is 23.7 Å². The number of hydrogen-bond acceptors (Lipinski definition) is 4. The second kappa shape index (κ2) is 6.97. The van der Waals surface area contributed by atoms with E-state index in [1.807, 2.05) is 0 Å². The largest absolute Gasteiger partial charge is 0.497 e. The Morgan fingerprint density at radius 3 is 2.71 bits per heavy atom. The predicted molar refractivity (Wildman–Crippen MR) is 77.5 cm³/mol. The maximum Gasteiger partial charge on any atom is 0.408 e. The van der Waals surface area contributed by atoms with Gasteiger partial charge in [-0.2, -0.15) is 0 Å². The van der Waals surface area contributed by atoms with Crippen LogP contribution in [-0.4, -0.2) is 35.9 Å². The van der Waals surface area contributed by atoms with E-state index in [1.54, 1.807) is 45.0 Å². The summed E-state index contributed by atoms with van der Waals surface area (Å²) in [6.45, 7) is 5.10. The monoisotopic (exact) mass is 296 g/mol. The molecule has 1 aromatic carbocycles. The van der Waals surface area contributed by atoms with Gasteiger partial charge in [-0.25, -0.2) is 9.59 Å². The number of amides is 1. The summed E-state index contributed by atoms with van der Waals surface area (Å²) in [7, 11) is -0.220. The number of carboxylic acid groups (broad SMARTS) is 1. The third-order valence-electron chi connectivity index (χ3n) is 2.49. The minimum atomic E-state index is -1.15. The van der Waals surface area contributed by atoms with Crippen molar-refractivity contribution < 1.29 is 25.5 Å². The van der Waals surface area contributed by atoms with Crippen molar-refractivity contribution in [1.82, 2.24) is 5.32 Å². The van der Waals surface area contributed by atoms with Crippen molar-refractivity contribution in [3.63, 3.8) is 0 Å². The molecule has 21 heavy (non-hydrogen) atoms. The second-order valence-electron chi connectivity index (χ2n) is 5.53. The molecular weight excluding hydrogens is 274 g/mol. The van der Waals surface area contributed by atoms with E-state index >= 15 is 0 Å². The van der Waals surface area contributed by atoms with Crippen LogP contribution in [0.4, 0.5) is 4.79 Å². The van der Waals surface area contributed by atoms with Crippen molar-refractivity contribution in [2.75, 3.05) is 7.09 Å². The summed E-state index contributed by atoms with van der Waals surface area (Å²) < 4.78 is 17.1. The topological polar surface area (TPSA) is 84.9 Å². The van der Waals surface area contributed by atoms with Gasteiger partial charge >= 0.3 is 12.1 Å². The Labute approximate surface area is 125 Å². The summed E-state index contributed by atoms with van der Waals surface area (Å²) in [6.07, 6.45) is -0.692. The number of alkyl carbamates (subject to hydrolysis) is 1. The van der Waals surface area contributed by atoms with E-state index in [2.05, 4.69) is 5.32 Å². The molecule has 6 heteroatoms. The molecule has 0 spiro atoms. The van der Waals surface area contributed by atoms with Crippen LogP contribution >= 0.6 is 0 Å². The summed E-state index contributed by atoms with van der Waals surface area (Å²) in [6, 6.07) is 5.63. The van der Waals surface area contributed by atoms with Crippen molar-refractivity contribution in [3.05, 3.63) is 29.8 Å². The normalized spacial score (nSPS) is 13.0. The summed E-state index contributed by atoms with van der Waals surface area (Å²) >= 11 is 0. The van der Waals surface area contributed by atoms with Gasteiger partial charge in [0.25, 0.3) is 0 Å².